The smallest absolute Gasteiger partial charge is 0.349 e. The van der Waals surface area contributed by atoms with Gasteiger partial charge in [-0.05, 0) is 61.5 Å². The lowest BCUT2D eigenvalue weighted by molar-refractivity contribution is -0.155. The summed E-state index contributed by atoms with van der Waals surface area (Å²) in [5.41, 5.74) is 1.34. The first-order chi connectivity index (χ1) is 19.7. The number of rotatable bonds is 9. The highest BCUT2D eigenvalue weighted by atomic mass is 19.4. The topological polar surface area (TPSA) is 88.4 Å². The van der Waals surface area contributed by atoms with Gasteiger partial charge >= 0.3 is 6.18 Å². The third-order valence-corrected chi connectivity index (χ3v) is 9.17. The molecule has 42 heavy (non-hydrogen) atoms. The zero-order chi connectivity index (χ0) is 30.0. The predicted molar refractivity (Wildman–Crippen MR) is 134 cm³/mol. The fourth-order valence-corrected chi connectivity index (χ4v) is 6.49. The molecule has 4 fully saturated rings. The molecule has 0 spiro atoms. The molecule has 2 heterocycles. The molecule has 0 bridgehead atoms. The van der Waals surface area contributed by atoms with Gasteiger partial charge in [0, 0.05) is 32.1 Å². The molecule has 7 nitrogen and oxygen atoms in total. The van der Waals surface area contributed by atoms with Crippen LogP contribution in [0.15, 0.2) is 18.5 Å². The number of carbonyl (C=O) groups excluding carboxylic acids is 2. The number of nitrogens with zero attached hydrogens (tertiary/aromatic N) is 3. The van der Waals surface area contributed by atoms with Crippen molar-refractivity contribution in [1.29, 1.82) is 0 Å². The van der Waals surface area contributed by atoms with Crippen LogP contribution in [0.3, 0.4) is 0 Å². The summed E-state index contributed by atoms with van der Waals surface area (Å²) in [6.07, 6.45) is -1.18. The Morgan fingerprint density at radius 3 is 2.24 bits per heavy atom. The van der Waals surface area contributed by atoms with E-state index in [1.165, 1.54) is 10.7 Å². The Bertz CT molecular complexity index is 1340. The second-order valence-electron chi connectivity index (χ2n) is 12.6. The van der Waals surface area contributed by atoms with Crippen LogP contribution < -0.4 is 10.6 Å². The van der Waals surface area contributed by atoms with Crippen molar-refractivity contribution in [2.24, 2.45) is 29.6 Å². The van der Waals surface area contributed by atoms with Gasteiger partial charge in [0.15, 0.2) is 5.65 Å². The van der Waals surface area contributed by atoms with E-state index < -0.39 is 60.6 Å². The molecule has 0 aliphatic heterocycles. The first-order valence-corrected chi connectivity index (χ1v) is 14.4. The van der Waals surface area contributed by atoms with Crippen molar-refractivity contribution < 1.29 is 40.3 Å². The molecule has 230 valence electrons. The number of hydrogen-bond donors (Lipinski definition) is 2. The van der Waals surface area contributed by atoms with Gasteiger partial charge in [-0.3, -0.25) is 9.59 Å². The van der Waals surface area contributed by atoms with Crippen LogP contribution in [0, 0.1) is 29.6 Å². The largest absolute Gasteiger partial charge is 0.392 e. The van der Waals surface area contributed by atoms with Crippen molar-refractivity contribution in [3.63, 3.8) is 0 Å². The van der Waals surface area contributed by atoms with Gasteiger partial charge in [-0.1, -0.05) is 0 Å². The molecular formula is C28H32F7N5O2. The van der Waals surface area contributed by atoms with Gasteiger partial charge < -0.3 is 10.6 Å². The number of aromatic nitrogens is 3. The van der Waals surface area contributed by atoms with E-state index in [2.05, 4.69) is 20.7 Å². The van der Waals surface area contributed by atoms with Crippen molar-refractivity contribution in [3.8, 4) is 0 Å². The Kier molecular flexibility index (Phi) is 7.19. The summed E-state index contributed by atoms with van der Waals surface area (Å²) in [6.45, 7) is 0. The normalized spacial score (nSPS) is 27.2. The standard InChI is InChI=1S/C28H32F7N5O2/c29-26(30)5-3-16(4-6-26)24(39-25(42)18-9-19(18)28(33,34)35)20-13-40-21(37-20)8-17(12-36-40)23(15-1-2-15)38-22(41)7-14-10-27(31,32)11-14/h8,12-16,18-19,23-24H,1-7,9-11H2,(H,38,41)(H,39,42)/t18-,19?,23?,24-/m0/s1. The molecule has 2 aromatic rings. The second kappa shape index (κ2) is 10.4. The van der Waals surface area contributed by atoms with Gasteiger partial charge in [0.25, 0.3) is 0 Å². The minimum Gasteiger partial charge on any atom is -0.349 e. The quantitative estimate of drug-likeness (QED) is 0.349. The first-order valence-electron chi connectivity index (χ1n) is 14.4. The van der Waals surface area contributed by atoms with Crippen LogP contribution in [0.25, 0.3) is 5.65 Å². The average molecular weight is 604 g/mol. The third-order valence-electron chi connectivity index (χ3n) is 9.17. The summed E-state index contributed by atoms with van der Waals surface area (Å²) in [4.78, 5) is 30.0. The molecule has 2 unspecified atom stereocenters. The lowest BCUT2D eigenvalue weighted by Crippen LogP contribution is -2.39. The molecule has 4 aliphatic rings. The maximum Gasteiger partial charge on any atom is 0.392 e. The van der Waals surface area contributed by atoms with E-state index in [0.29, 0.717) is 16.9 Å². The van der Waals surface area contributed by atoms with Crippen molar-refractivity contribution in [1.82, 2.24) is 25.2 Å². The Morgan fingerprint density at radius 1 is 0.976 bits per heavy atom. The first kappa shape index (κ1) is 29.2. The zero-order valence-corrected chi connectivity index (χ0v) is 22.6. The van der Waals surface area contributed by atoms with Crippen molar-refractivity contribution in [2.45, 2.75) is 94.3 Å². The summed E-state index contributed by atoms with van der Waals surface area (Å²) in [5.74, 6) is -10.2. The highest BCUT2D eigenvalue weighted by Gasteiger charge is 2.59. The number of fused-ring (bicyclic) bond motifs is 1. The third kappa shape index (κ3) is 6.36. The van der Waals surface area contributed by atoms with Crippen LogP contribution in [-0.2, 0) is 9.59 Å². The molecule has 4 aliphatic carbocycles. The highest BCUT2D eigenvalue weighted by Crippen LogP contribution is 2.51. The van der Waals surface area contributed by atoms with E-state index in [0.717, 1.165) is 12.8 Å². The second-order valence-corrected chi connectivity index (χ2v) is 12.6. The number of nitrogens with one attached hydrogen (secondary N) is 2. The fourth-order valence-electron chi connectivity index (χ4n) is 6.49. The van der Waals surface area contributed by atoms with E-state index in [-0.39, 0.29) is 62.3 Å². The molecule has 0 aromatic carbocycles. The maximum atomic E-state index is 13.9. The SMILES string of the molecule is O=C(CC1CC(F)(F)C1)NC(c1cnn2cc([C@@H](NC(=O)[C@H]3CC3C(F)(F)F)C3CCC(F)(F)CC3)nc2c1)C1CC1. The number of alkyl halides is 7. The van der Waals surface area contributed by atoms with E-state index in [1.807, 2.05) is 0 Å². The summed E-state index contributed by atoms with van der Waals surface area (Å²) < 4.78 is 94.9. The van der Waals surface area contributed by atoms with Gasteiger partial charge in [-0.25, -0.2) is 27.1 Å². The summed E-state index contributed by atoms with van der Waals surface area (Å²) in [7, 11) is 0. The number of hydrogen-bond acceptors (Lipinski definition) is 4. The minimum absolute atomic E-state index is 0.0139. The van der Waals surface area contributed by atoms with E-state index >= 15 is 0 Å². The van der Waals surface area contributed by atoms with Crippen molar-refractivity contribution >= 4 is 17.5 Å². The van der Waals surface area contributed by atoms with Crippen molar-refractivity contribution in [2.75, 3.05) is 0 Å². The van der Waals surface area contributed by atoms with Crippen LogP contribution in [0.4, 0.5) is 30.7 Å². The van der Waals surface area contributed by atoms with Crippen LogP contribution in [0.1, 0.15) is 87.5 Å². The molecule has 2 aromatic heterocycles. The van der Waals surface area contributed by atoms with E-state index in [4.69, 9.17) is 0 Å². The molecule has 2 amide bonds. The van der Waals surface area contributed by atoms with E-state index in [9.17, 15) is 40.3 Å². The van der Waals surface area contributed by atoms with Gasteiger partial charge in [0.05, 0.1) is 42.0 Å². The lowest BCUT2D eigenvalue weighted by atomic mass is 9.79. The molecule has 0 saturated heterocycles. The number of imidazole rings is 1. The molecule has 4 saturated carbocycles. The Balaban J connectivity index is 1.20. The van der Waals surface area contributed by atoms with E-state index in [1.54, 1.807) is 12.3 Å². The zero-order valence-electron chi connectivity index (χ0n) is 22.6. The van der Waals surface area contributed by atoms with Gasteiger partial charge in [-0.2, -0.15) is 18.3 Å². The van der Waals surface area contributed by atoms with Gasteiger partial charge in [0.2, 0.25) is 23.7 Å². The van der Waals surface area contributed by atoms with Crippen LogP contribution in [0.2, 0.25) is 0 Å². The average Bonchev–Trinajstić information content (AvgIpc) is 3.80. The maximum absolute atomic E-state index is 13.9. The van der Waals surface area contributed by atoms with Crippen LogP contribution in [-0.4, -0.2) is 44.4 Å². The van der Waals surface area contributed by atoms with Crippen LogP contribution >= 0.6 is 0 Å². The Labute approximate surface area is 237 Å². The molecule has 14 heteroatoms. The molecule has 2 N–H and O–H groups in total. The lowest BCUT2D eigenvalue weighted by Gasteiger charge is -2.34. The molecular weight excluding hydrogens is 571 g/mol. The minimum atomic E-state index is -4.48. The Morgan fingerprint density at radius 2 is 1.64 bits per heavy atom. The Hall–Kier alpha value is -2.93. The number of carbonyl (C=O) groups is 2. The molecule has 4 atom stereocenters. The molecule has 6 rings (SSSR count). The number of amides is 2. The highest BCUT2D eigenvalue weighted by molar-refractivity contribution is 5.82. The summed E-state index contributed by atoms with van der Waals surface area (Å²) >= 11 is 0. The summed E-state index contributed by atoms with van der Waals surface area (Å²) in [6, 6.07) is 0.458. The number of halogens is 7. The molecule has 0 radical (unpaired) electrons. The van der Waals surface area contributed by atoms with Crippen LogP contribution in [0.5, 0.6) is 0 Å². The predicted octanol–water partition coefficient (Wildman–Crippen LogP) is 5.91. The monoisotopic (exact) mass is 603 g/mol. The van der Waals surface area contributed by atoms with Gasteiger partial charge in [0.1, 0.15) is 0 Å². The summed E-state index contributed by atoms with van der Waals surface area (Å²) in [5, 5.41) is 10.0. The van der Waals surface area contributed by atoms with Crippen molar-refractivity contribution in [3.05, 3.63) is 29.7 Å². The fraction of sp³-hybridized carbons (Fsp3) is 0.714. The van der Waals surface area contributed by atoms with Gasteiger partial charge in [-0.15, -0.1) is 0 Å².